The van der Waals surface area contributed by atoms with Gasteiger partial charge >= 0.3 is 0 Å². The highest BCUT2D eigenvalue weighted by molar-refractivity contribution is 5.98. The van der Waals surface area contributed by atoms with Gasteiger partial charge in [-0.05, 0) is 47.7 Å². The number of aromatic amines is 1. The first-order chi connectivity index (χ1) is 15.7. The Morgan fingerprint density at radius 2 is 1.81 bits per heavy atom. The van der Waals surface area contributed by atoms with Gasteiger partial charge in [0.1, 0.15) is 5.75 Å². The van der Waals surface area contributed by atoms with Crippen LogP contribution in [0.4, 0.5) is 0 Å². The van der Waals surface area contributed by atoms with Gasteiger partial charge in [-0.2, -0.15) is 0 Å². The number of aliphatic hydroxyl groups excluding tert-OH is 1. The molecular weight excluding hydrogens is 400 g/mol. The molecule has 0 aliphatic carbocycles. The van der Waals surface area contributed by atoms with Crippen molar-refractivity contribution >= 4 is 16.8 Å². The Morgan fingerprint density at radius 3 is 2.59 bits per heavy atom. The van der Waals surface area contributed by atoms with Crippen LogP contribution in [0, 0.1) is 0 Å². The number of H-pyrrole nitrogens is 1. The lowest BCUT2D eigenvalue weighted by molar-refractivity contribution is 0.0912. The van der Waals surface area contributed by atoms with Crippen molar-refractivity contribution in [3.8, 4) is 16.9 Å². The summed E-state index contributed by atoms with van der Waals surface area (Å²) in [6, 6.07) is 23.2. The summed E-state index contributed by atoms with van der Waals surface area (Å²) in [5.74, 6) is 0.292. The van der Waals surface area contributed by atoms with E-state index in [0.29, 0.717) is 24.3 Å². The Hall–Kier alpha value is -3.57. The van der Waals surface area contributed by atoms with E-state index in [-0.39, 0.29) is 12.5 Å². The number of fused-ring (bicyclic) bond motifs is 1. The minimum Gasteiger partial charge on any atom is -0.493 e. The van der Waals surface area contributed by atoms with Crippen molar-refractivity contribution in [3.05, 3.63) is 90.1 Å². The zero-order valence-electron chi connectivity index (χ0n) is 18.2. The minimum atomic E-state index is -0.416. The van der Waals surface area contributed by atoms with Crippen LogP contribution in [-0.2, 0) is 6.42 Å². The van der Waals surface area contributed by atoms with Crippen LogP contribution in [-0.4, -0.2) is 35.3 Å². The van der Waals surface area contributed by atoms with Crippen LogP contribution in [0.5, 0.6) is 5.75 Å². The maximum Gasteiger partial charge on any atom is 0.255 e. The number of ether oxygens (including phenoxy) is 1. The van der Waals surface area contributed by atoms with Gasteiger partial charge in [0.2, 0.25) is 0 Å². The molecule has 1 amide bonds. The summed E-state index contributed by atoms with van der Waals surface area (Å²) in [5, 5.41) is 14.1. The van der Waals surface area contributed by atoms with Gasteiger partial charge in [-0.1, -0.05) is 61.5 Å². The van der Waals surface area contributed by atoms with Crippen LogP contribution < -0.4 is 10.1 Å². The van der Waals surface area contributed by atoms with Crippen molar-refractivity contribution in [1.82, 2.24) is 10.3 Å². The molecule has 164 valence electrons. The van der Waals surface area contributed by atoms with Crippen LogP contribution >= 0.6 is 0 Å². The molecule has 0 unspecified atom stereocenters. The highest BCUT2D eigenvalue weighted by Crippen LogP contribution is 2.27. The lowest BCUT2D eigenvalue weighted by Gasteiger charge is -2.18. The van der Waals surface area contributed by atoms with Crippen molar-refractivity contribution in [1.29, 1.82) is 0 Å². The summed E-state index contributed by atoms with van der Waals surface area (Å²) in [4.78, 5) is 16.5. The van der Waals surface area contributed by atoms with E-state index in [1.807, 2.05) is 85.9 Å². The summed E-state index contributed by atoms with van der Waals surface area (Å²) in [5.41, 5.74) is 4.53. The van der Waals surface area contributed by atoms with Crippen LogP contribution in [0.25, 0.3) is 22.0 Å². The van der Waals surface area contributed by atoms with Crippen LogP contribution in [0.1, 0.15) is 29.3 Å². The molecule has 0 fully saturated rings. The maximum absolute atomic E-state index is 13.3. The average Bonchev–Trinajstić information content (AvgIpc) is 3.25. The fourth-order valence-electron chi connectivity index (χ4n) is 3.85. The molecule has 1 aromatic heterocycles. The number of aromatic nitrogens is 1. The van der Waals surface area contributed by atoms with E-state index >= 15 is 0 Å². The minimum absolute atomic E-state index is 0.158. The third-order valence-electron chi connectivity index (χ3n) is 5.49. The second-order valence-electron chi connectivity index (χ2n) is 7.84. The number of nitrogens with one attached hydrogen (secondary N) is 2. The maximum atomic E-state index is 13.3. The molecule has 0 radical (unpaired) electrons. The zero-order chi connectivity index (χ0) is 22.3. The lowest BCUT2D eigenvalue weighted by Crippen LogP contribution is -2.39. The van der Waals surface area contributed by atoms with E-state index in [1.165, 1.54) is 0 Å². The summed E-state index contributed by atoms with van der Waals surface area (Å²) in [6.45, 7) is 2.40. The number of para-hydroxylation sites is 1. The first-order valence-corrected chi connectivity index (χ1v) is 11.0. The van der Waals surface area contributed by atoms with E-state index in [9.17, 15) is 9.90 Å². The molecular formula is C27H28N2O3. The van der Waals surface area contributed by atoms with Crippen molar-refractivity contribution < 1.29 is 14.6 Å². The van der Waals surface area contributed by atoms with Crippen LogP contribution in [0.3, 0.4) is 0 Å². The fourth-order valence-corrected chi connectivity index (χ4v) is 3.85. The highest BCUT2D eigenvalue weighted by Gasteiger charge is 2.19. The van der Waals surface area contributed by atoms with E-state index in [2.05, 4.69) is 10.3 Å². The molecule has 32 heavy (non-hydrogen) atoms. The van der Waals surface area contributed by atoms with Crippen molar-refractivity contribution in [2.24, 2.45) is 0 Å². The zero-order valence-corrected chi connectivity index (χ0v) is 18.2. The number of rotatable bonds is 9. The van der Waals surface area contributed by atoms with E-state index in [4.69, 9.17) is 4.74 Å². The summed E-state index contributed by atoms with van der Waals surface area (Å²) in [6.07, 6.45) is 3.31. The largest absolute Gasteiger partial charge is 0.493 e. The second-order valence-corrected chi connectivity index (χ2v) is 7.84. The van der Waals surface area contributed by atoms with Gasteiger partial charge in [0.05, 0.1) is 24.8 Å². The number of hydrogen-bond acceptors (Lipinski definition) is 3. The Labute approximate surface area is 188 Å². The number of hydrogen-bond donors (Lipinski definition) is 3. The molecule has 0 aliphatic rings. The Bertz CT molecular complexity index is 1180. The third kappa shape index (κ3) is 4.84. The number of amides is 1. The average molecular weight is 429 g/mol. The van der Waals surface area contributed by atoms with Gasteiger partial charge in [-0.25, -0.2) is 0 Å². The fraction of sp³-hybridized carbons (Fsp3) is 0.222. The summed E-state index contributed by atoms with van der Waals surface area (Å²) in [7, 11) is 0. The molecule has 1 atom stereocenters. The monoisotopic (exact) mass is 428 g/mol. The van der Waals surface area contributed by atoms with Gasteiger partial charge < -0.3 is 20.1 Å². The highest BCUT2D eigenvalue weighted by atomic mass is 16.5. The molecule has 4 aromatic rings. The summed E-state index contributed by atoms with van der Waals surface area (Å²) < 4.78 is 5.85. The molecule has 0 aliphatic heterocycles. The van der Waals surface area contributed by atoms with E-state index in [0.717, 1.165) is 34.0 Å². The third-order valence-corrected chi connectivity index (χ3v) is 5.49. The standard InChI is InChI=1S/C27H28N2O3/c1-2-14-32-26-13-12-20(19-8-4-3-5-9-19)16-24(26)27(31)29-22(18-30)15-21-17-28-25-11-7-6-10-23(21)25/h3-13,16-17,22,28,30H,2,14-15,18H2,1H3,(H,29,31)/t22-/m1/s1. The van der Waals surface area contributed by atoms with E-state index in [1.54, 1.807) is 0 Å². The van der Waals surface area contributed by atoms with Crippen LogP contribution in [0.2, 0.25) is 0 Å². The predicted molar refractivity (Wildman–Crippen MR) is 128 cm³/mol. The van der Waals surface area contributed by atoms with Gasteiger partial charge in [0.25, 0.3) is 5.91 Å². The summed E-state index contributed by atoms with van der Waals surface area (Å²) >= 11 is 0. The second kappa shape index (κ2) is 10.2. The van der Waals surface area contributed by atoms with Gasteiger partial charge in [0.15, 0.2) is 0 Å². The molecule has 1 heterocycles. The smallest absolute Gasteiger partial charge is 0.255 e. The molecule has 3 N–H and O–H groups in total. The molecule has 0 saturated carbocycles. The Balaban J connectivity index is 1.58. The topological polar surface area (TPSA) is 74.3 Å². The molecule has 3 aromatic carbocycles. The van der Waals surface area contributed by atoms with Crippen molar-refractivity contribution in [3.63, 3.8) is 0 Å². The quantitative estimate of drug-likeness (QED) is 0.353. The molecule has 0 bridgehead atoms. The van der Waals surface area contributed by atoms with E-state index < -0.39 is 6.04 Å². The molecule has 0 saturated heterocycles. The van der Waals surface area contributed by atoms with Crippen molar-refractivity contribution in [2.45, 2.75) is 25.8 Å². The van der Waals surface area contributed by atoms with Crippen LogP contribution in [0.15, 0.2) is 79.0 Å². The Morgan fingerprint density at radius 1 is 1.03 bits per heavy atom. The van der Waals surface area contributed by atoms with Gasteiger partial charge in [-0.3, -0.25) is 4.79 Å². The number of aliphatic hydroxyl groups is 1. The number of carbonyl (C=O) groups is 1. The molecule has 5 nitrogen and oxygen atoms in total. The predicted octanol–water partition coefficient (Wildman–Crippen LogP) is 4.96. The van der Waals surface area contributed by atoms with Gasteiger partial charge in [0, 0.05) is 17.1 Å². The molecule has 0 spiro atoms. The van der Waals surface area contributed by atoms with Crippen molar-refractivity contribution in [2.75, 3.05) is 13.2 Å². The number of carbonyl (C=O) groups excluding carboxylic acids is 1. The first-order valence-electron chi connectivity index (χ1n) is 11.0. The normalized spacial score (nSPS) is 11.9. The molecule has 4 rings (SSSR count). The Kier molecular flexibility index (Phi) is 6.87. The number of benzene rings is 3. The lowest BCUT2D eigenvalue weighted by atomic mass is 10.0. The molecule has 5 heteroatoms. The first kappa shape index (κ1) is 21.7. The SMILES string of the molecule is CCCOc1ccc(-c2ccccc2)cc1C(=O)N[C@@H](CO)Cc1c[nH]c2ccccc12. The van der Waals surface area contributed by atoms with Gasteiger partial charge in [-0.15, -0.1) is 0 Å².